The molecule has 0 heterocycles. The van der Waals surface area contributed by atoms with E-state index < -0.39 is 7.26 Å². The van der Waals surface area contributed by atoms with Gasteiger partial charge < -0.3 is 0 Å². The van der Waals surface area contributed by atoms with Gasteiger partial charge in [-0.05, 0) is 0 Å². The zero-order chi connectivity index (χ0) is 15.4. The predicted octanol–water partition coefficient (Wildman–Crippen LogP) is 4.45. The fraction of sp³-hybridized carbons (Fsp3) is 0.100. The minimum atomic E-state index is -2.08. The van der Waals surface area contributed by atoms with Crippen molar-refractivity contribution in [1.82, 2.24) is 0 Å². The molecule has 0 N–H and O–H groups in total. The molecule has 0 nitrogen and oxygen atoms in total. The Morgan fingerprint density at radius 3 is 1.09 bits per heavy atom. The normalized spacial score (nSPS) is 13.5. The van der Waals surface area contributed by atoms with Crippen molar-refractivity contribution in [1.29, 1.82) is 0 Å². The van der Waals surface area contributed by atoms with Gasteiger partial charge in [-0.1, -0.05) is 0 Å². The second-order valence-electron chi connectivity index (χ2n) is 5.52. The second kappa shape index (κ2) is 6.77. The number of rotatable bonds is 4. The maximum absolute atomic E-state index is 3.97. The molecule has 0 spiro atoms. The van der Waals surface area contributed by atoms with Crippen LogP contribution >= 0.6 is 23.2 Å². The van der Waals surface area contributed by atoms with Crippen molar-refractivity contribution in [2.75, 3.05) is 0 Å². The summed E-state index contributed by atoms with van der Waals surface area (Å²) in [6, 6.07) is 32.9. The van der Waals surface area contributed by atoms with Gasteiger partial charge in [0.25, 0.3) is 0 Å². The third kappa shape index (κ3) is 2.64. The van der Waals surface area contributed by atoms with Crippen LogP contribution in [-0.2, 0) is 0 Å². The Kier molecular flexibility index (Phi) is 4.76. The average molecular weight is 371 g/mol. The van der Waals surface area contributed by atoms with Crippen molar-refractivity contribution >= 4 is 39.1 Å². The molecule has 0 fully saturated rings. The third-order valence-corrected chi connectivity index (χ3v) is 11.3. The van der Waals surface area contributed by atoms with Crippen LogP contribution in [-0.4, -0.2) is 4.57 Å². The summed E-state index contributed by atoms with van der Waals surface area (Å²) in [6.07, 6.45) is 0. The molecule has 0 amide bonds. The molecular formula is C20H20BrP. The Labute approximate surface area is 141 Å². The first-order valence-electron chi connectivity index (χ1n) is 7.57. The van der Waals surface area contributed by atoms with E-state index >= 15 is 0 Å². The van der Waals surface area contributed by atoms with Gasteiger partial charge in [-0.3, -0.25) is 0 Å². The predicted molar refractivity (Wildman–Crippen MR) is 105 cm³/mol. The molecular weight excluding hydrogens is 351 g/mol. The van der Waals surface area contributed by atoms with Crippen molar-refractivity contribution in [3.63, 3.8) is 0 Å². The van der Waals surface area contributed by atoms with Crippen molar-refractivity contribution in [2.45, 2.75) is 11.5 Å². The van der Waals surface area contributed by atoms with Crippen molar-refractivity contribution in [2.24, 2.45) is 0 Å². The monoisotopic (exact) mass is 370 g/mol. The van der Waals surface area contributed by atoms with Gasteiger partial charge in [0.05, 0.1) is 0 Å². The molecule has 112 valence electrons. The Morgan fingerprint density at radius 2 is 0.864 bits per heavy atom. The van der Waals surface area contributed by atoms with Crippen molar-refractivity contribution in [3.05, 3.63) is 91.0 Å². The Balaban J connectivity index is 2.34. The van der Waals surface area contributed by atoms with Crippen LogP contribution < -0.4 is 15.9 Å². The van der Waals surface area contributed by atoms with Crippen LogP contribution in [0.3, 0.4) is 0 Å². The van der Waals surface area contributed by atoms with E-state index in [0.717, 1.165) is 0 Å². The molecule has 0 aliphatic carbocycles. The molecule has 0 aliphatic heterocycles. The van der Waals surface area contributed by atoms with E-state index in [1.807, 2.05) is 0 Å². The summed E-state index contributed by atoms with van der Waals surface area (Å²) in [5, 5.41) is 4.32. The summed E-state index contributed by atoms with van der Waals surface area (Å²) < 4.78 is 0.396. The third-order valence-electron chi connectivity index (χ3n) is 4.28. The zero-order valence-corrected chi connectivity index (χ0v) is 15.2. The zero-order valence-electron chi connectivity index (χ0n) is 12.6. The Morgan fingerprint density at radius 1 is 0.591 bits per heavy atom. The minimum absolute atomic E-state index is 0.396. The van der Waals surface area contributed by atoms with Crippen molar-refractivity contribution < 1.29 is 0 Å². The number of benzene rings is 3. The number of hydrogen-bond acceptors (Lipinski definition) is 0. The molecule has 0 bridgehead atoms. The van der Waals surface area contributed by atoms with Gasteiger partial charge in [0.2, 0.25) is 0 Å². The Hall–Kier alpha value is -1.43. The van der Waals surface area contributed by atoms with Gasteiger partial charge in [0.15, 0.2) is 0 Å². The van der Waals surface area contributed by atoms with Crippen molar-refractivity contribution in [3.8, 4) is 0 Å². The van der Waals surface area contributed by atoms with E-state index in [2.05, 4.69) is 114 Å². The van der Waals surface area contributed by atoms with E-state index in [4.69, 9.17) is 0 Å². The molecule has 0 saturated carbocycles. The van der Waals surface area contributed by atoms with Crippen LogP contribution in [0.25, 0.3) is 0 Å². The number of alkyl halides is 1. The van der Waals surface area contributed by atoms with Gasteiger partial charge >= 0.3 is 142 Å². The molecule has 22 heavy (non-hydrogen) atoms. The van der Waals surface area contributed by atoms with Crippen LogP contribution in [0.4, 0.5) is 0 Å². The van der Waals surface area contributed by atoms with Crippen LogP contribution in [0.1, 0.15) is 6.92 Å². The maximum atomic E-state index is 3.97. The fourth-order valence-electron chi connectivity index (χ4n) is 3.29. The molecule has 0 aliphatic rings. The summed E-state index contributed by atoms with van der Waals surface area (Å²) in [4.78, 5) is 0. The molecule has 0 aromatic heterocycles. The van der Waals surface area contributed by atoms with Gasteiger partial charge in [0, 0.05) is 0 Å². The first-order valence-corrected chi connectivity index (χ1v) is 10.6. The van der Waals surface area contributed by atoms with E-state index in [0.29, 0.717) is 4.57 Å². The quantitative estimate of drug-likeness (QED) is 0.470. The molecule has 1 atom stereocenters. The van der Waals surface area contributed by atoms with E-state index in [1.54, 1.807) is 0 Å². The summed E-state index contributed by atoms with van der Waals surface area (Å²) in [5.41, 5.74) is 0. The van der Waals surface area contributed by atoms with Gasteiger partial charge in [-0.25, -0.2) is 0 Å². The molecule has 1 unspecified atom stereocenters. The molecule has 0 radical (unpaired) electrons. The molecule has 3 aromatic carbocycles. The molecule has 0 saturated heterocycles. The van der Waals surface area contributed by atoms with Crippen LogP contribution in [0.5, 0.6) is 0 Å². The topological polar surface area (TPSA) is 0 Å². The van der Waals surface area contributed by atoms with Gasteiger partial charge in [-0.2, -0.15) is 0 Å². The number of hydrogen-bond donors (Lipinski definition) is 0. The standard InChI is InChI=1S/C20H20BrP/c1-17(21)22(18-11-5-2-6-12-18,19-13-7-3-8-14-19)20-15-9-4-10-16-20/h2-17,22H,1H3. The summed E-state index contributed by atoms with van der Waals surface area (Å²) in [6.45, 7) is 2.29. The second-order valence-corrected chi connectivity index (χ2v) is 12.0. The number of halogens is 1. The van der Waals surface area contributed by atoms with Gasteiger partial charge in [0.1, 0.15) is 0 Å². The van der Waals surface area contributed by atoms with Crippen LogP contribution in [0, 0.1) is 0 Å². The summed E-state index contributed by atoms with van der Waals surface area (Å²) >= 11 is 3.97. The molecule has 3 aromatic rings. The van der Waals surface area contributed by atoms with Gasteiger partial charge in [-0.15, -0.1) is 0 Å². The fourth-order valence-corrected chi connectivity index (χ4v) is 10.2. The molecule has 2 heteroatoms. The van der Waals surface area contributed by atoms with E-state index in [-0.39, 0.29) is 0 Å². The SMILES string of the molecule is CC(Br)[PH](c1ccccc1)(c1ccccc1)c1ccccc1. The molecule has 3 rings (SSSR count). The van der Waals surface area contributed by atoms with E-state index in [9.17, 15) is 0 Å². The summed E-state index contributed by atoms with van der Waals surface area (Å²) in [7, 11) is -2.08. The summed E-state index contributed by atoms with van der Waals surface area (Å²) in [5.74, 6) is 0. The van der Waals surface area contributed by atoms with Crippen LogP contribution in [0.15, 0.2) is 91.0 Å². The first-order chi connectivity index (χ1) is 10.8. The first kappa shape index (κ1) is 15.5. The Bertz CT molecular complexity index is 612. The average Bonchev–Trinajstić information content (AvgIpc) is 2.58. The van der Waals surface area contributed by atoms with Crippen LogP contribution in [0.2, 0.25) is 0 Å². The van der Waals surface area contributed by atoms with E-state index in [1.165, 1.54) is 15.9 Å².